The lowest BCUT2D eigenvalue weighted by Gasteiger charge is -2.02. The first kappa shape index (κ1) is 10.9. The van der Waals surface area contributed by atoms with E-state index in [0.29, 0.717) is 13.1 Å². The van der Waals surface area contributed by atoms with Crippen molar-refractivity contribution in [2.45, 2.75) is 6.54 Å². The van der Waals surface area contributed by atoms with Gasteiger partial charge in [-0.05, 0) is 28.1 Å². The summed E-state index contributed by atoms with van der Waals surface area (Å²) in [6.07, 6.45) is -1.04. The Bertz CT molecular complexity index is 525. The second-order valence-corrected chi connectivity index (χ2v) is 4.01. The molecule has 1 amide bonds. The topological polar surface area (TPSA) is 80.0 Å². The standard InChI is InChI=1S/C9H9BrN4O2/c10-6-2-1-3-7-8(6)12-13-14(7)5-4-11-9(15)16/h1-3,11H,4-5H2,(H,15,16). The molecule has 0 aliphatic rings. The first-order chi connectivity index (χ1) is 7.68. The van der Waals surface area contributed by atoms with Gasteiger partial charge >= 0.3 is 6.09 Å². The minimum absolute atomic E-state index is 0.306. The minimum Gasteiger partial charge on any atom is -0.465 e. The van der Waals surface area contributed by atoms with Gasteiger partial charge in [-0.15, -0.1) is 5.10 Å². The zero-order chi connectivity index (χ0) is 11.5. The number of aromatic nitrogens is 3. The van der Waals surface area contributed by atoms with Crippen molar-refractivity contribution in [3.8, 4) is 0 Å². The van der Waals surface area contributed by atoms with Crippen LogP contribution in [0.2, 0.25) is 0 Å². The zero-order valence-electron chi connectivity index (χ0n) is 8.22. The number of rotatable bonds is 3. The molecular weight excluding hydrogens is 276 g/mol. The summed E-state index contributed by atoms with van der Waals surface area (Å²) in [5, 5.41) is 18.7. The highest BCUT2D eigenvalue weighted by Gasteiger charge is 2.06. The molecular formula is C9H9BrN4O2. The summed E-state index contributed by atoms with van der Waals surface area (Å²) in [6, 6.07) is 5.66. The summed E-state index contributed by atoms with van der Waals surface area (Å²) in [5.74, 6) is 0. The predicted octanol–water partition coefficient (Wildman–Crippen LogP) is 1.46. The minimum atomic E-state index is -1.04. The van der Waals surface area contributed by atoms with E-state index in [4.69, 9.17) is 5.11 Å². The van der Waals surface area contributed by atoms with Crippen molar-refractivity contribution in [1.82, 2.24) is 20.3 Å². The van der Waals surface area contributed by atoms with Gasteiger partial charge < -0.3 is 10.4 Å². The number of hydrogen-bond donors (Lipinski definition) is 2. The SMILES string of the molecule is O=C(O)NCCn1nnc2c(Br)cccc21. The van der Waals surface area contributed by atoms with Crippen molar-refractivity contribution < 1.29 is 9.90 Å². The van der Waals surface area contributed by atoms with Crippen LogP contribution in [0.1, 0.15) is 0 Å². The van der Waals surface area contributed by atoms with Crippen molar-refractivity contribution >= 4 is 33.1 Å². The van der Waals surface area contributed by atoms with Gasteiger partial charge in [-0.3, -0.25) is 0 Å². The molecule has 0 aliphatic heterocycles. The largest absolute Gasteiger partial charge is 0.465 e. The fraction of sp³-hybridized carbons (Fsp3) is 0.222. The maximum absolute atomic E-state index is 10.3. The van der Waals surface area contributed by atoms with Gasteiger partial charge in [-0.1, -0.05) is 11.3 Å². The summed E-state index contributed by atoms with van der Waals surface area (Å²) in [5.41, 5.74) is 1.65. The molecule has 0 aliphatic carbocycles. The van der Waals surface area contributed by atoms with Crippen LogP contribution in [0, 0.1) is 0 Å². The summed E-state index contributed by atoms with van der Waals surface area (Å²) in [4.78, 5) is 10.3. The Kier molecular flexibility index (Phi) is 3.04. The quantitative estimate of drug-likeness (QED) is 0.894. The maximum Gasteiger partial charge on any atom is 0.404 e. The van der Waals surface area contributed by atoms with Gasteiger partial charge in [0.15, 0.2) is 0 Å². The molecule has 0 saturated heterocycles. The lowest BCUT2D eigenvalue weighted by Crippen LogP contribution is -2.25. The molecule has 0 unspecified atom stereocenters. The lowest BCUT2D eigenvalue weighted by atomic mass is 10.3. The fourth-order valence-electron chi connectivity index (χ4n) is 1.39. The van der Waals surface area contributed by atoms with Crippen molar-refractivity contribution in [1.29, 1.82) is 0 Å². The molecule has 0 atom stereocenters. The fourth-order valence-corrected chi connectivity index (χ4v) is 1.83. The molecule has 2 aromatic rings. The normalized spacial score (nSPS) is 10.6. The monoisotopic (exact) mass is 284 g/mol. The highest BCUT2D eigenvalue weighted by atomic mass is 79.9. The number of carbonyl (C=O) groups is 1. The van der Waals surface area contributed by atoms with E-state index in [2.05, 4.69) is 31.6 Å². The lowest BCUT2D eigenvalue weighted by molar-refractivity contribution is 0.194. The van der Waals surface area contributed by atoms with Crippen LogP contribution in [0.25, 0.3) is 11.0 Å². The Morgan fingerprint density at radius 2 is 2.38 bits per heavy atom. The molecule has 7 heteroatoms. The zero-order valence-corrected chi connectivity index (χ0v) is 9.81. The average Bonchev–Trinajstić information content (AvgIpc) is 2.63. The Hall–Kier alpha value is -1.63. The number of nitrogens with one attached hydrogen (secondary N) is 1. The van der Waals surface area contributed by atoms with Crippen LogP contribution < -0.4 is 5.32 Å². The first-order valence-electron chi connectivity index (χ1n) is 4.63. The van der Waals surface area contributed by atoms with Gasteiger partial charge in [0, 0.05) is 11.0 Å². The molecule has 16 heavy (non-hydrogen) atoms. The summed E-state index contributed by atoms with van der Waals surface area (Å²) in [7, 11) is 0. The summed E-state index contributed by atoms with van der Waals surface area (Å²) >= 11 is 3.38. The molecule has 1 aromatic heterocycles. The van der Waals surface area contributed by atoms with Gasteiger partial charge in [0.1, 0.15) is 5.52 Å². The highest BCUT2D eigenvalue weighted by molar-refractivity contribution is 9.10. The highest BCUT2D eigenvalue weighted by Crippen LogP contribution is 2.20. The molecule has 1 aromatic carbocycles. The number of benzene rings is 1. The van der Waals surface area contributed by atoms with E-state index in [0.717, 1.165) is 15.5 Å². The maximum atomic E-state index is 10.3. The second-order valence-electron chi connectivity index (χ2n) is 3.15. The average molecular weight is 285 g/mol. The third-order valence-corrected chi connectivity index (χ3v) is 2.74. The van der Waals surface area contributed by atoms with Gasteiger partial charge in [-0.2, -0.15) is 0 Å². The smallest absolute Gasteiger partial charge is 0.404 e. The van der Waals surface area contributed by atoms with E-state index in [1.807, 2.05) is 18.2 Å². The van der Waals surface area contributed by atoms with E-state index in [1.54, 1.807) is 4.68 Å². The van der Waals surface area contributed by atoms with Crippen LogP contribution in [-0.4, -0.2) is 32.7 Å². The molecule has 0 bridgehead atoms. The Morgan fingerprint density at radius 3 is 3.12 bits per heavy atom. The summed E-state index contributed by atoms with van der Waals surface area (Å²) in [6.45, 7) is 0.763. The molecule has 0 fully saturated rings. The van der Waals surface area contributed by atoms with E-state index in [-0.39, 0.29) is 0 Å². The number of fused-ring (bicyclic) bond motifs is 1. The number of carboxylic acid groups (broad SMARTS) is 1. The molecule has 0 saturated carbocycles. The third-order valence-electron chi connectivity index (χ3n) is 2.10. The van der Waals surface area contributed by atoms with Gasteiger partial charge in [-0.25, -0.2) is 9.48 Å². The van der Waals surface area contributed by atoms with Gasteiger partial charge in [0.25, 0.3) is 0 Å². The van der Waals surface area contributed by atoms with E-state index >= 15 is 0 Å². The number of nitrogens with zero attached hydrogens (tertiary/aromatic N) is 3. The second kappa shape index (κ2) is 4.48. The van der Waals surface area contributed by atoms with Crippen LogP contribution in [0.15, 0.2) is 22.7 Å². The van der Waals surface area contributed by atoms with Crippen LogP contribution in [-0.2, 0) is 6.54 Å². The summed E-state index contributed by atoms with van der Waals surface area (Å²) < 4.78 is 2.54. The number of halogens is 1. The molecule has 2 rings (SSSR count). The molecule has 0 radical (unpaired) electrons. The van der Waals surface area contributed by atoms with Crippen LogP contribution in [0.3, 0.4) is 0 Å². The van der Waals surface area contributed by atoms with E-state index in [1.165, 1.54) is 0 Å². The Balaban J connectivity index is 2.19. The first-order valence-corrected chi connectivity index (χ1v) is 5.42. The molecule has 1 heterocycles. The van der Waals surface area contributed by atoms with Crippen LogP contribution in [0.4, 0.5) is 4.79 Å². The molecule has 84 valence electrons. The van der Waals surface area contributed by atoms with Gasteiger partial charge in [0.05, 0.1) is 12.1 Å². The van der Waals surface area contributed by atoms with Crippen molar-refractivity contribution in [3.63, 3.8) is 0 Å². The Morgan fingerprint density at radius 1 is 1.56 bits per heavy atom. The van der Waals surface area contributed by atoms with Crippen LogP contribution >= 0.6 is 15.9 Å². The van der Waals surface area contributed by atoms with E-state index < -0.39 is 6.09 Å². The third kappa shape index (κ3) is 2.13. The molecule has 2 N–H and O–H groups in total. The van der Waals surface area contributed by atoms with Crippen molar-refractivity contribution in [2.75, 3.05) is 6.54 Å². The Labute approximate surface area is 99.4 Å². The van der Waals surface area contributed by atoms with Gasteiger partial charge in [0.2, 0.25) is 0 Å². The van der Waals surface area contributed by atoms with E-state index in [9.17, 15) is 4.79 Å². The van der Waals surface area contributed by atoms with Crippen LogP contribution in [0.5, 0.6) is 0 Å². The molecule has 0 spiro atoms. The predicted molar refractivity (Wildman–Crippen MR) is 61.3 cm³/mol. The molecule has 6 nitrogen and oxygen atoms in total. The number of hydrogen-bond acceptors (Lipinski definition) is 3. The number of amides is 1. The van der Waals surface area contributed by atoms with Crippen molar-refractivity contribution in [3.05, 3.63) is 22.7 Å². The van der Waals surface area contributed by atoms with Crippen molar-refractivity contribution in [2.24, 2.45) is 0 Å².